The van der Waals surface area contributed by atoms with Crippen molar-refractivity contribution in [1.82, 2.24) is 10.0 Å². The van der Waals surface area contributed by atoms with Gasteiger partial charge >= 0.3 is 0 Å². The fourth-order valence-electron chi connectivity index (χ4n) is 3.18. The number of halogens is 2. The van der Waals surface area contributed by atoms with E-state index in [-0.39, 0.29) is 18.4 Å². The van der Waals surface area contributed by atoms with Crippen LogP contribution in [0, 0.1) is 6.92 Å². The minimum Gasteiger partial charge on any atom is -0.311 e. The Hall–Kier alpha value is -0.140. The van der Waals surface area contributed by atoms with Crippen LogP contribution >= 0.6 is 28.3 Å². The first kappa shape index (κ1) is 17.2. The predicted octanol–water partition coefficient (Wildman–Crippen LogP) is 2.74. The molecule has 118 valence electrons. The number of sulfonamides is 1. The van der Waals surface area contributed by atoms with Crippen LogP contribution in [0.25, 0.3) is 0 Å². The second kappa shape index (κ2) is 6.54. The maximum Gasteiger partial charge on any atom is 0.240 e. The number of nitrogens with one attached hydrogen (secondary N) is 2. The van der Waals surface area contributed by atoms with Crippen LogP contribution in [-0.2, 0) is 10.0 Å². The molecule has 0 amide bonds. The van der Waals surface area contributed by atoms with Crippen LogP contribution in [0.1, 0.15) is 31.2 Å². The number of hydrogen-bond acceptors (Lipinski definition) is 3. The van der Waals surface area contributed by atoms with Crippen LogP contribution in [0.15, 0.2) is 27.6 Å². The van der Waals surface area contributed by atoms with Gasteiger partial charge in [-0.15, -0.1) is 12.4 Å². The van der Waals surface area contributed by atoms with Gasteiger partial charge in [0.05, 0.1) is 4.90 Å². The molecule has 0 aliphatic carbocycles. The minimum atomic E-state index is -3.43. The molecule has 2 aliphatic rings. The van der Waals surface area contributed by atoms with Crippen LogP contribution in [0.5, 0.6) is 0 Å². The summed E-state index contributed by atoms with van der Waals surface area (Å²) in [4.78, 5) is 0.334. The summed E-state index contributed by atoms with van der Waals surface area (Å²) in [5.41, 5.74) is 1.03. The van der Waals surface area contributed by atoms with Gasteiger partial charge in [-0.1, -0.05) is 22.0 Å². The van der Waals surface area contributed by atoms with Gasteiger partial charge in [-0.3, -0.25) is 0 Å². The molecule has 0 aromatic heterocycles. The Balaban J connectivity index is 0.00000161. The Labute approximate surface area is 140 Å². The summed E-state index contributed by atoms with van der Waals surface area (Å²) >= 11 is 3.39. The van der Waals surface area contributed by atoms with Gasteiger partial charge < -0.3 is 5.32 Å². The first-order chi connectivity index (χ1) is 9.44. The lowest BCUT2D eigenvalue weighted by Crippen LogP contribution is -2.47. The summed E-state index contributed by atoms with van der Waals surface area (Å²) in [6.07, 6.45) is 4.11. The first-order valence-corrected chi connectivity index (χ1v) is 9.26. The lowest BCUT2D eigenvalue weighted by atomic mass is 10.0. The molecule has 21 heavy (non-hydrogen) atoms. The van der Waals surface area contributed by atoms with Crippen molar-refractivity contribution in [2.75, 3.05) is 0 Å². The van der Waals surface area contributed by atoms with Gasteiger partial charge in [0.15, 0.2) is 0 Å². The molecule has 3 rings (SSSR count). The van der Waals surface area contributed by atoms with E-state index in [2.05, 4.69) is 26.0 Å². The molecule has 2 heterocycles. The summed E-state index contributed by atoms with van der Waals surface area (Å²) in [5.74, 6) is 0. The molecule has 2 bridgehead atoms. The zero-order chi connectivity index (χ0) is 14.3. The Kier molecular flexibility index (Phi) is 5.36. The minimum absolute atomic E-state index is 0. The van der Waals surface area contributed by atoms with Gasteiger partial charge in [-0.2, -0.15) is 0 Å². The van der Waals surface area contributed by atoms with Crippen molar-refractivity contribution < 1.29 is 8.42 Å². The number of benzene rings is 1. The van der Waals surface area contributed by atoms with Crippen LogP contribution in [0.4, 0.5) is 0 Å². The SMILES string of the molecule is Cc1ccc(S(=O)(=O)NC2CC3CCC(C2)N3)cc1Br.Cl. The highest BCUT2D eigenvalue weighted by molar-refractivity contribution is 9.10. The number of aryl methyl sites for hydroxylation is 1. The van der Waals surface area contributed by atoms with E-state index >= 15 is 0 Å². The van der Waals surface area contributed by atoms with E-state index in [1.54, 1.807) is 12.1 Å². The van der Waals surface area contributed by atoms with Crippen molar-refractivity contribution in [1.29, 1.82) is 0 Å². The van der Waals surface area contributed by atoms with Gasteiger partial charge in [0.25, 0.3) is 0 Å². The molecule has 1 aromatic rings. The molecule has 1 aromatic carbocycles. The topological polar surface area (TPSA) is 58.2 Å². The first-order valence-electron chi connectivity index (χ1n) is 6.98. The lowest BCUT2D eigenvalue weighted by Gasteiger charge is -2.29. The third-order valence-corrected chi connectivity index (χ3v) is 6.62. The molecule has 2 fully saturated rings. The molecule has 0 saturated carbocycles. The Morgan fingerprint density at radius 1 is 1.24 bits per heavy atom. The van der Waals surface area contributed by atoms with E-state index in [9.17, 15) is 8.42 Å². The van der Waals surface area contributed by atoms with Gasteiger partial charge in [0.2, 0.25) is 10.0 Å². The predicted molar refractivity (Wildman–Crippen MR) is 89.4 cm³/mol. The second-order valence-corrected chi connectivity index (χ2v) is 8.41. The zero-order valence-corrected chi connectivity index (χ0v) is 15.0. The molecule has 0 radical (unpaired) electrons. The van der Waals surface area contributed by atoms with Crippen LogP contribution in [0.2, 0.25) is 0 Å². The molecule has 0 spiro atoms. The Bertz CT molecular complexity index is 611. The number of fused-ring (bicyclic) bond motifs is 2. The Morgan fingerprint density at radius 2 is 1.86 bits per heavy atom. The number of piperidine rings is 1. The van der Waals surface area contributed by atoms with Gasteiger partial charge in [-0.25, -0.2) is 13.1 Å². The summed E-state index contributed by atoms with van der Waals surface area (Å²) in [5, 5.41) is 3.52. The Morgan fingerprint density at radius 3 is 2.43 bits per heavy atom. The quantitative estimate of drug-likeness (QED) is 0.827. The smallest absolute Gasteiger partial charge is 0.240 e. The number of hydrogen-bond donors (Lipinski definition) is 2. The van der Waals surface area contributed by atoms with E-state index < -0.39 is 10.0 Å². The molecule has 2 N–H and O–H groups in total. The zero-order valence-electron chi connectivity index (χ0n) is 11.8. The van der Waals surface area contributed by atoms with Crippen LogP contribution in [-0.4, -0.2) is 26.5 Å². The maximum atomic E-state index is 12.4. The van der Waals surface area contributed by atoms with Crippen molar-refractivity contribution >= 4 is 38.4 Å². The molecule has 7 heteroatoms. The third-order valence-electron chi connectivity index (χ3n) is 4.25. The lowest BCUT2D eigenvalue weighted by molar-refractivity contribution is 0.345. The highest BCUT2D eigenvalue weighted by Gasteiger charge is 2.35. The van der Waals surface area contributed by atoms with E-state index in [4.69, 9.17) is 0 Å². The van der Waals surface area contributed by atoms with Gasteiger partial charge in [0, 0.05) is 22.6 Å². The summed E-state index contributed by atoms with van der Waals surface area (Å²) < 4.78 is 28.6. The van der Waals surface area contributed by atoms with E-state index in [1.165, 1.54) is 12.8 Å². The van der Waals surface area contributed by atoms with Crippen LogP contribution < -0.4 is 10.0 Å². The molecule has 2 saturated heterocycles. The largest absolute Gasteiger partial charge is 0.311 e. The maximum absolute atomic E-state index is 12.4. The standard InChI is InChI=1S/C14H19BrN2O2S.ClH/c1-9-2-5-13(8-14(9)15)20(18,19)17-12-6-10-3-4-11(7-12)16-10;/h2,5,8,10-12,16-17H,3-4,6-7H2,1H3;1H. The molecular formula is C14H20BrClN2O2S. The van der Waals surface area contributed by atoms with E-state index in [0.29, 0.717) is 17.0 Å². The normalized spacial score (nSPS) is 28.2. The molecule has 2 aliphatic heterocycles. The highest BCUT2D eigenvalue weighted by Crippen LogP contribution is 2.28. The average molecular weight is 396 g/mol. The van der Waals surface area contributed by atoms with Crippen molar-refractivity contribution in [3.8, 4) is 0 Å². The van der Waals surface area contributed by atoms with Crippen molar-refractivity contribution in [3.05, 3.63) is 28.2 Å². The second-order valence-electron chi connectivity index (χ2n) is 5.84. The van der Waals surface area contributed by atoms with E-state index in [1.807, 2.05) is 13.0 Å². The highest BCUT2D eigenvalue weighted by atomic mass is 79.9. The van der Waals surface area contributed by atoms with Crippen molar-refractivity contribution in [2.24, 2.45) is 0 Å². The summed E-state index contributed by atoms with van der Waals surface area (Å²) in [6, 6.07) is 6.17. The van der Waals surface area contributed by atoms with Gasteiger partial charge in [-0.05, 0) is 50.3 Å². The fourth-order valence-corrected chi connectivity index (χ4v) is 5.00. The summed E-state index contributed by atoms with van der Waals surface area (Å²) in [6.45, 7) is 1.94. The molecule has 2 unspecified atom stereocenters. The summed E-state index contributed by atoms with van der Waals surface area (Å²) in [7, 11) is -3.43. The molecular weight excluding hydrogens is 376 g/mol. The third kappa shape index (κ3) is 3.79. The molecule has 4 nitrogen and oxygen atoms in total. The molecule has 2 atom stereocenters. The number of rotatable bonds is 3. The fraction of sp³-hybridized carbons (Fsp3) is 0.571. The van der Waals surface area contributed by atoms with Crippen LogP contribution in [0.3, 0.4) is 0 Å². The van der Waals surface area contributed by atoms with Crippen molar-refractivity contribution in [3.63, 3.8) is 0 Å². The van der Waals surface area contributed by atoms with Gasteiger partial charge in [0.1, 0.15) is 0 Å². The average Bonchev–Trinajstić information content (AvgIpc) is 2.71. The van der Waals surface area contributed by atoms with E-state index in [0.717, 1.165) is 22.9 Å². The monoisotopic (exact) mass is 394 g/mol. The van der Waals surface area contributed by atoms with Crippen molar-refractivity contribution in [2.45, 2.75) is 55.6 Å².